The normalized spacial score (nSPS) is 11.2. The minimum atomic E-state index is -0.0620. The van der Waals surface area contributed by atoms with E-state index in [4.69, 9.17) is 14.2 Å². The van der Waals surface area contributed by atoms with Gasteiger partial charge in [-0.3, -0.25) is 4.79 Å². The Labute approximate surface area is 145 Å². The van der Waals surface area contributed by atoms with Gasteiger partial charge < -0.3 is 24.4 Å². The van der Waals surface area contributed by atoms with Crippen LogP contribution in [0.3, 0.4) is 0 Å². The quantitative estimate of drug-likeness (QED) is 0.456. The molecule has 0 amide bonds. The van der Waals surface area contributed by atoms with Crippen molar-refractivity contribution in [3.63, 3.8) is 0 Å². The molecular weight excluding hydrogens is 324 g/mol. The smallest absolute Gasteiger partial charge is 0.188 e. The van der Waals surface area contributed by atoms with Crippen molar-refractivity contribution < 1.29 is 29.2 Å². The molecule has 0 bridgehead atoms. The van der Waals surface area contributed by atoms with E-state index < -0.39 is 0 Å². The first-order valence-corrected chi connectivity index (χ1v) is 7.50. The molecule has 0 saturated carbocycles. The lowest BCUT2D eigenvalue weighted by atomic mass is 9.95. The number of carbonyl (C=O) groups excluding carboxylic acids is 1. The molecule has 0 aliphatic carbocycles. The number of allylic oxidation sites excluding steroid dienone is 1. The van der Waals surface area contributed by atoms with Crippen LogP contribution in [0.1, 0.15) is 16.7 Å². The van der Waals surface area contributed by atoms with Gasteiger partial charge in [0.2, 0.25) is 0 Å². The molecule has 6 nitrogen and oxygen atoms in total. The summed E-state index contributed by atoms with van der Waals surface area (Å²) in [5.41, 5.74) is 2.23. The van der Waals surface area contributed by atoms with E-state index >= 15 is 0 Å². The highest BCUT2D eigenvalue weighted by Gasteiger charge is 2.15. The van der Waals surface area contributed by atoms with Crippen molar-refractivity contribution in [3.8, 4) is 23.0 Å². The highest BCUT2D eigenvalue weighted by atomic mass is 16.7. The average molecular weight is 344 g/mol. The van der Waals surface area contributed by atoms with Crippen molar-refractivity contribution >= 4 is 11.9 Å². The molecule has 0 heterocycles. The monoisotopic (exact) mass is 344 g/mol. The predicted molar refractivity (Wildman–Crippen MR) is 93.1 cm³/mol. The van der Waals surface area contributed by atoms with E-state index in [1.54, 1.807) is 18.2 Å². The van der Waals surface area contributed by atoms with Crippen molar-refractivity contribution in [2.24, 2.45) is 0 Å². The summed E-state index contributed by atoms with van der Waals surface area (Å²) < 4.78 is 15.3. The van der Waals surface area contributed by atoms with Crippen LogP contribution in [0.5, 0.6) is 23.0 Å². The number of benzene rings is 2. The van der Waals surface area contributed by atoms with Gasteiger partial charge in [-0.25, -0.2) is 0 Å². The van der Waals surface area contributed by atoms with Gasteiger partial charge in [0, 0.05) is 18.7 Å². The first kappa shape index (κ1) is 18.4. The van der Waals surface area contributed by atoms with Gasteiger partial charge in [-0.05, 0) is 47.9 Å². The van der Waals surface area contributed by atoms with Crippen LogP contribution in [-0.2, 0) is 9.53 Å². The lowest BCUT2D eigenvalue weighted by Gasteiger charge is -2.15. The van der Waals surface area contributed by atoms with Gasteiger partial charge >= 0.3 is 0 Å². The fourth-order valence-electron chi connectivity index (χ4n) is 2.44. The zero-order chi connectivity index (χ0) is 18.4. The highest BCUT2D eigenvalue weighted by Crippen LogP contribution is 2.37. The Balaban J connectivity index is 2.51. The van der Waals surface area contributed by atoms with Crippen LogP contribution < -0.4 is 9.47 Å². The van der Waals surface area contributed by atoms with Gasteiger partial charge in [0.05, 0.1) is 7.11 Å². The largest absolute Gasteiger partial charge is 0.507 e. The molecule has 0 unspecified atom stereocenters. The van der Waals surface area contributed by atoms with Crippen LogP contribution in [0.4, 0.5) is 0 Å². The average Bonchev–Trinajstić information content (AvgIpc) is 2.60. The van der Waals surface area contributed by atoms with Gasteiger partial charge in [-0.15, -0.1) is 0 Å². The Bertz CT molecular complexity index is 795. The van der Waals surface area contributed by atoms with E-state index in [0.29, 0.717) is 34.5 Å². The van der Waals surface area contributed by atoms with Gasteiger partial charge in [-0.1, -0.05) is 6.07 Å². The van der Waals surface area contributed by atoms with Gasteiger partial charge in [-0.2, -0.15) is 0 Å². The maximum absolute atomic E-state index is 11.1. The lowest BCUT2D eigenvalue weighted by Crippen LogP contribution is -2.01. The molecule has 0 atom stereocenters. The third-order valence-electron chi connectivity index (χ3n) is 3.64. The molecule has 0 aromatic heterocycles. The molecule has 6 heteroatoms. The molecule has 2 N–H and O–H groups in total. The predicted octanol–water partition coefficient (Wildman–Crippen LogP) is 3.03. The fraction of sp³-hybridized carbons (Fsp3) is 0.211. The fourth-order valence-corrected chi connectivity index (χ4v) is 2.44. The zero-order valence-electron chi connectivity index (χ0n) is 14.3. The summed E-state index contributed by atoms with van der Waals surface area (Å²) in [6.45, 7) is 1.88. The number of rotatable bonds is 7. The summed E-state index contributed by atoms with van der Waals surface area (Å²) in [6.07, 6.45) is 1.95. The van der Waals surface area contributed by atoms with Gasteiger partial charge in [0.15, 0.2) is 18.3 Å². The van der Waals surface area contributed by atoms with Crippen molar-refractivity contribution in [2.45, 2.75) is 6.92 Å². The van der Waals surface area contributed by atoms with E-state index in [-0.39, 0.29) is 18.3 Å². The van der Waals surface area contributed by atoms with Crippen molar-refractivity contribution in [3.05, 3.63) is 53.1 Å². The van der Waals surface area contributed by atoms with E-state index in [1.807, 2.05) is 6.92 Å². The topological polar surface area (TPSA) is 85.2 Å². The molecule has 2 aromatic carbocycles. The number of hydrogen-bond acceptors (Lipinski definition) is 6. The van der Waals surface area contributed by atoms with Crippen molar-refractivity contribution in [2.75, 3.05) is 21.0 Å². The number of ether oxygens (including phenoxy) is 3. The Morgan fingerprint density at radius 1 is 1.08 bits per heavy atom. The molecule has 2 rings (SSSR count). The van der Waals surface area contributed by atoms with Gasteiger partial charge in [0.1, 0.15) is 17.8 Å². The molecule has 0 saturated heterocycles. The van der Waals surface area contributed by atoms with Crippen molar-refractivity contribution in [1.82, 2.24) is 0 Å². The SMILES string of the molecule is COCOc1cc(O)c(/C(=C\C=O)c2ccc(OC)c(O)c2)cc1C. The molecule has 25 heavy (non-hydrogen) atoms. The number of carbonyl (C=O) groups is 1. The minimum absolute atomic E-state index is 0.0555. The number of aromatic hydroxyl groups is 2. The summed E-state index contributed by atoms with van der Waals surface area (Å²) in [7, 11) is 2.95. The summed E-state index contributed by atoms with van der Waals surface area (Å²) in [6, 6.07) is 7.92. The Kier molecular flexibility index (Phi) is 6.03. The van der Waals surface area contributed by atoms with Gasteiger partial charge in [0.25, 0.3) is 0 Å². The van der Waals surface area contributed by atoms with Crippen LogP contribution in [0.15, 0.2) is 36.4 Å². The van der Waals surface area contributed by atoms with Crippen LogP contribution in [0.2, 0.25) is 0 Å². The maximum Gasteiger partial charge on any atom is 0.188 e. The molecule has 0 spiro atoms. The number of aryl methyl sites for hydroxylation is 1. The third-order valence-corrected chi connectivity index (χ3v) is 3.64. The van der Waals surface area contributed by atoms with E-state index in [9.17, 15) is 15.0 Å². The van der Waals surface area contributed by atoms with Crippen LogP contribution >= 0.6 is 0 Å². The Morgan fingerprint density at radius 3 is 2.44 bits per heavy atom. The number of phenols is 2. The minimum Gasteiger partial charge on any atom is -0.507 e. The van der Waals surface area contributed by atoms with Crippen LogP contribution in [0, 0.1) is 6.92 Å². The van der Waals surface area contributed by atoms with E-state index in [0.717, 1.165) is 5.56 Å². The standard InChI is InChI=1S/C19H20O6/c1-12-8-15(16(21)10-19(12)25-11-23-2)14(6-7-20)13-4-5-18(24-3)17(22)9-13/h4-10,21-22H,11H2,1-3H3/b14-6-. The van der Waals surface area contributed by atoms with Crippen LogP contribution in [-0.4, -0.2) is 37.5 Å². The molecule has 0 radical (unpaired) electrons. The second-order valence-electron chi connectivity index (χ2n) is 5.29. The first-order chi connectivity index (χ1) is 12.0. The number of methoxy groups -OCH3 is 2. The first-order valence-electron chi connectivity index (χ1n) is 7.50. The maximum atomic E-state index is 11.1. The van der Waals surface area contributed by atoms with E-state index in [2.05, 4.69) is 0 Å². The second kappa shape index (κ2) is 8.21. The molecule has 132 valence electrons. The Morgan fingerprint density at radius 2 is 1.84 bits per heavy atom. The summed E-state index contributed by atoms with van der Waals surface area (Å²) in [4.78, 5) is 11.1. The van der Waals surface area contributed by atoms with Crippen molar-refractivity contribution in [1.29, 1.82) is 0 Å². The highest BCUT2D eigenvalue weighted by molar-refractivity contribution is 5.92. The number of aldehydes is 1. The molecule has 2 aromatic rings. The summed E-state index contributed by atoms with van der Waals surface area (Å²) in [5.74, 6) is 0.678. The Hall–Kier alpha value is -2.99. The molecule has 0 aliphatic heterocycles. The zero-order valence-corrected chi connectivity index (χ0v) is 14.3. The number of phenolic OH excluding ortho intramolecular Hbond substituents is 2. The van der Waals surface area contributed by atoms with E-state index in [1.165, 1.54) is 32.4 Å². The third kappa shape index (κ3) is 4.10. The summed E-state index contributed by atoms with van der Waals surface area (Å²) in [5, 5.41) is 20.4. The second-order valence-corrected chi connectivity index (χ2v) is 5.29. The lowest BCUT2D eigenvalue weighted by molar-refractivity contribution is -0.104. The molecule has 0 fully saturated rings. The molecular formula is C19H20O6. The number of hydrogen-bond donors (Lipinski definition) is 2. The van der Waals surface area contributed by atoms with Crippen LogP contribution in [0.25, 0.3) is 5.57 Å². The molecule has 0 aliphatic rings. The summed E-state index contributed by atoms with van der Waals surface area (Å²) >= 11 is 0.